The maximum atomic E-state index is 10.9. The van der Waals surface area contributed by atoms with Crippen LogP contribution in [0.25, 0.3) is 0 Å². The van der Waals surface area contributed by atoms with Crippen molar-refractivity contribution in [1.82, 2.24) is 0 Å². The zero-order valence-electron chi connectivity index (χ0n) is 7.87. The van der Waals surface area contributed by atoms with Crippen LogP contribution in [0.5, 0.6) is 0 Å². The molecule has 0 spiro atoms. The van der Waals surface area contributed by atoms with E-state index in [0.29, 0.717) is 5.02 Å². The highest BCUT2D eigenvalue weighted by atomic mass is 35.5. The average Bonchev–Trinajstić information content (AvgIpc) is 2.17. The summed E-state index contributed by atoms with van der Waals surface area (Å²) in [5.41, 5.74) is 6.62. The van der Waals surface area contributed by atoms with E-state index in [4.69, 9.17) is 17.3 Å². The molecule has 0 radical (unpaired) electrons. The summed E-state index contributed by atoms with van der Waals surface area (Å²) >= 11 is 5.79. The number of carbonyl (C=O) groups excluding carboxylic acids is 1. The van der Waals surface area contributed by atoms with Crippen LogP contribution >= 0.6 is 11.6 Å². The van der Waals surface area contributed by atoms with E-state index in [1.807, 2.05) is 6.07 Å². The number of halogens is 1. The van der Waals surface area contributed by atoms with Crippen molar-refractivity contribution in [3.8, 4) is 0 Å². The highest BCUT2D eigenvalue weighted by Gasteiger charge is 2.11. The minimum Gasteiger partial charge on any atom is -0.469 e. The number of rotatable bonds is 3. The Morgan fingerprint density at radius 2 is 2.36 bits per heavy atom. The maximum absolute atomic E-state index is 10.9. The van der Waals surface area contributed by atoms with Gasteiger partial charge in [0.05, 0.1) is 13.5 Å². The highest BCUT2D eigenvalue weighted by molar-refractivity contribution is 6.30. The Labute approximate surface area is 87.8 Å². The van der Waals surface area contributed by atoms with Crippen LogP contribution in [0, 0.1) is 0 Å². The molecular weight excluding hydrogens is 202 g/mol. The number of benzene rings is 1. The molecule has 1 atom stereocenters. The molecule has 0 aliphatic heterocycles. The van der Waals surface area contributed by atoms with Crippen molar-refractivity contribution in [3.63, 3.8) is 0 Å². The lowest BCUT2D eigenvalue weighted by molar-refractivity contribution is -0.141. The van der Waals surface area contributed by atoms with Gasteiger partial charge in [0.25, 0.3) is 0 Å². The molecule has 76 valence electrons. The van der Waals surface area contributed by atoms with E-state index in [2.05, 4.69) is 4.74 Å². The molecule has 0 unspecified atom stereocenters. The lowest BCUT2D eigenvalue weighted by Crippen LogP contribution is -2.16. The standard InChI is InChI=1S/C10H12ClNO2/c1-14-10(13)6-9(12)7-3-2-4-8(11)5-7/h2-5,9H,6,12H2,1H3/t9-/m0/s1. The number of ether oxygens (including phenoxy) is 1. The first kappa shape index (κ1) is 11.0. The van der Waals surface area contributed by atoms with E-state index < -0.39 is 0 Å². The van der Waals surface area contributed by atoms with Crippen LogP contribution in [-0.4, -0.2) is 13.1 Å². The van der Waals surface area contributed by atoms with Gasteiger partial charge in [0, 0.05) is 11.1 Å². The highest BCUT2D eigenvalue weighted by Crippen LogP contribution is 2.18. The molecule has 3 nitrogen and oxygen atoms in total. The van der Waals surface area contributed by atoms with E-state index >= 15 is 0 Å². The fraction of sp³-hybridized carbons (Fsp3) is 0.300. The number of hydrogen-bond acceptors (Lipinski definition) is 3. The molecule has 0 saturated carbocycles. The molecule has 4 heteroatoms. The Balaban J connectivity index is 2.69. The summed E-state index contributed by atoms with van der Waals surface area (Å²) in [6.45, 7) is 0. The van der Waals surface area contributed by atoms with Gasteiger partial charge in [0.15, 0.2) is 0 Å². The van der Waals surface area contributed by atoms with Crippen molar-refractivity contribution in [2.24, 2.45) is 5.73 Å². The molecule has 1 aromatic rings. The minimum absolute atomic E-state index is 0.164. The fourth-order valence-electron chi connectivity index (χ4n) is 1.12. The molecule has 0 aliphatic rings. The summed E-state index contributed by atoms with van der Waals surface area (Å²) in [5.74, 6) is -0.322. The van der Waals surface area contributed by atoms with Crippen LogP contribution in [0.2, 0.25) is 5.02 Å². The van der Waals surface area contributed by atoms with Crippen molar-refractivity contribution in [2.45, 2.75) is 12.5 Å². The summed E-state index contributed by atoms with van der Waals surface area (Å²) in [5, 5.41) is 0.614. The van der Waals surface area contributed by atoms with E-state index in [1.165, 1.54) is 7.11 Å². The van der Waals surface area contributed by atoms with Crippen molar-refractivity contribution in [3.05, 3.63) is 34.9 Å². The summed E-state index contributed by atoms with van der Waals surface area (Å²) < 4.78 is 4.52. The second-order valence-corrected chi connectivity index (χ2v) is 3.38. The third-order valence-electron chi connectivity index (χ3n) is 1.89. The van der Waals surface area contributed by atoms with Crippen LogP contribution in [0.4, 0.5) is 0 Å². The van der Waals surface area contributed by atoms with E-state index in [0.717, 1.165) is 5.56 Å². The van der Waals surface area contributed by atoms with Crippen molar-refractivity contribution in [2.75, 3.05) is 7.11 Å². The predicted molar refractivity (Wildman–Crippen MR) is 55.0 cm³/mol. The first-order chi connectivity index (χ1) is 6.63. The zero-order chi connectivity index (χ0) is 10.6. The molecule has 0 bridgehead atoms. The van der Waals surface area contributed by atoms with Crippen LogP contribution < -0.4 is 5.73 Å². The van der Waals surface area contributed by atoms with Gasteiger partial charge in [-0.25, -0.2) is 0 Å². The van der Waals surface area contributed by atoms with Gasteiger partial charge in [0.2, 0.25) is 0 Å². The molecular formula is C10H12ClNO2. The van der Waals surface area contributed by atoms with E-state index in [-0.39, 0.29) is 18.4 Å². The fourth-order valence-corrected chi connectivity index (χ4v) is 1.32. The Morgan fingerprint density at radius 1 is 1.64 bits per heavy atom. The van der Waals surface area contributed by atoms with Gasteiger partial charge in [-0.15, -0.1) is 0 Å². The third-order valence-corrected chi connectivity index (χ3v) is 2.13. The lowest BCUT2D eigenvalue weighted by Gasteiger charge is -2.10. The molecule has 0 saturated heterocycles. The summed E-state index contributed by atoms with van der Waals surface area (Å²) in [4.78, 5) is 10.9. The second kappa shape index (κ2) is 4.98. The summed E-state index contributed by atoms with van der Waals surface area (Å²) in [7, 11) is 1.34. The Hall–Kier alpha value is -1.06. The molecule has 0 aromatic heterocycles. The molecule has 14 heavy (non-hydrogen) atoms. The molecule has 0 amide bonds. The van der Waals surface area contributed by atoms with Crippen molar-refractivity contribution < 1.29 is 9.53 Å². The first-order valence-corrected chi connectivity index (χ1v) is 4.59. The van der Waals surface area contributed by atoms with E-state index in [1.54, 1.807) is 18.2 Å². The molecule has 0 heterocycles. The van der Waals surface area contributed by atoms with Crippen LogP contribution in [0.3, 0.4) is 0 Å². The molecule has 1 aromatic carbocycles. The van der Waals surface area contributed by atoms with Gasteiger partial charge < -0.3 is 10.5 Å². The predicted octanol–water partition coefficient (Wildman–Crippen LogP) is 1.90. The van der Waals surface area contributed by atoms with Crippen LogP contribution in [-0.2, 0) is 9.53 Å². The van der Waals surface area contributed by atoms with Crippen LogP contribution in [0.1, 0.15) is 18.0 Å². The lowest BCUT2D eigenvalue weighted by atomic mass is 10.1. The van der Waals surface area contributed by atoms with E-state index in [9.17, 15) is 4.79 Å². The first-order valence-electron chi connectivity index (χ1n) is 4.21. The average molecular weight is 214 g/mol. The molecule has 1 rings (SSSR count). The largest absolute Gasteiger partial charge is 0.469 e. The van der Waals surface area contributed by atoms with Gasteiger partial charge in [-0.3, -0.25) is 4.79 Å². The summed E-state index contributed by atoms with van der Waals surface area (Å²) in [6.07, 6.45) is 0.164. The summed E-state index contributed by atoms with van der Waals surface area (Å²) in [6, 6.07) is 6.78. The topological polar surface area (TPSA) is 52.3 Å². The van der Waals surface area contributed by atoms with Gasteiger partial charge in [-0.2, -0.15) is 0 Å². The SMILES string of the molecule is COC(=O)C[C@H](N)c1cccc(Cl)c1. The van der Waals surface area contributed by atoms with Crippen LogP contribution in [0.15, 0.2) is 24.3 Å². The van der Waals surface area contributed by atoms with Gasteiger partial charge in [0.1, 0.15) is 0 Å². The Kier molecular flexibility index (Phi) is 3.92. The number of hydrogen-bond donors (Lipinski definition) is 1. The number of nitrogens with two attached hydrogens (primary N) is 1. The second-order valence-electron chi connectivity index (χ2n) is 2.94. The Morgan fingerprint density at radius 3 is 2.93 bits per heavy atom. The van der Waals surface area contributed by atoms with Crippen molar-refractivity contribution in [1.29, 1.82) is 0 Å². The van der Waals surface area contributed by atoms with Crippen molar-refractivity contribution >= 4 is 17.6 Å². The monoisotopic (exact) mass is 213 g/mol. The molecule has 0 fully saturated rings. The third kappa shape index (κ3) is 3.01. The molecule has 0 aliphatic carbocycles. The zero-order valence-corrected chi connectivity index (χ0v) is 8.62. The van der Waals surface area contributed by atoms with Gasteiger partial charge in [-0.1, -0.05) is 23.7 Å². The molecule has 2 N–H and O–H groups in total. The maximum Gasteiger partial charge on any atom is 0.307 e. The Bertz CT molecular complexity index is 328. The van der Waals surface area contributed by atoms with Gasteiger partial charge >= 0.3 is 5.97 Å². The number of methoxy groups -OCH3 is 1. The minimum atomic E-state index is -0.360. The normalized spacial score (nSPS) is 12.2. The van der Waals surface area contributed by atoms with Gasteiger partial charge in [-0.05, 0) is 17.7 Å². The quantitative estimate of drug-likeness (QED) is 0.781. The number of carbonyl (C=O) groups is 1. The number of esters is 1. The smallest absolute Gasteiger partial charge is 0.307 e.